The Morgan fingerprint density at radius 1 is 0.882 bits per heavy atom. The van der Waals surface area contributed by atoms with Crippen molar-refractivity contribution in [1.29, 1.82) is 0 Å². The summed E-state index contributed by atoms with van der Waals surface area (Å²) < 4.78 is 32.1. The van der Waals surface area contributed by atoms with E-state index in [2.05, 4.69) is 9.47 Å². The maximum Gasteiger partial charge on any atom is 0.302 e. The SMILES string of the molecule is CC(=O)OCCCS(=O)(=O)CCCOC(C)=O. The number of hydrogen-bond acceptors (Lipinski definition) is 6. The fourth-order valence-electron chi connectivity index (χ4n) is 1.09. The van der Waals surface area contributed by atoms with Crippen molar-refractivity contribution in [2.24, 2.45) is 0 Å². The molecule has 0 saturated heterocycles. The fourth-order valence-corrected chi connectivity index (χ4v) is 2.41. The van der Waals surface area contributed by atoms with E-state index in [1.807, 2.05) is 0 Å². The van der Waals surface area contributed by atoms with Crippen molar-refractivity contribution in [3.63, 3.8) is 0 Å². The molecule has 0 aliphatic carbocycles. The zero-order valence-corrected chi connectivity index (χ0v) is 10.9. The summed E-state index contributed by atoms with van der Waals surface area (Å²) in [4.78, 5) is 20.8. The van der Waals surface area contributed by atoms with E-state index in [0.717, 1.165) is 0 Å². The van der Waals surface area contributed by atoms with Gasteiger partial charge in [-0.3, -0.25) is 9.59 Å². The average molecular weight is 266 g/mol. The van der Waals surface area contributed by atoms with Crippen molar-refractivity contribution in [2.45, 2.75) is 26.7 Å². The monoisotopic (exact) mass is 266 g/mol. The Morgan fingerprint density at radius 3 is 1.53 bits per heavy atom. The molecule has 0 unspecified atom stereocenters. The lowest BCUT2D eigenvalue weighted by Gasteiger charge is -2.05. The molecule has 0 spiro atoms. The average Bonchev–Trinajstić information content (AvgIpc) is 2.19. The summed E-state index contributed by atoms with van der Waals surface area (Å²) in [5.41, 5.74) is 0. The van der Waals surface area contributed by atoms with Crippen LogP contribution in [-0.2, 0) is 28.9 Å². The second-order valence-electron chi connectivity index (χ2n) is 3.54. The number of ether oxygens (including phenoxy) is 2. The molecule has 0 heterocycles. The van der Waals surface area contributed by atoms with Crippen LogP contribution < -0.4 is 0 Å². The number of rotatable bonds is 8. The molecule has 0 aromatic carbocycles. The predicted octanol–water partition coefficient (Wildman–Crippen LogP) is 0.308. The van der Waals surface area contributed by atoms with E-state index in [4.69, 9.17) is 0 Å². The quantitative estimate of drug-likeness (QED) is 0.464. The fraction of sp³-hybridized carbons (Fsp3) is 0.800. The first-order chi connectivity index (χ1) is 7.83. The Bertz CT molecular complexity index is 318. The lowest BCUT2D eigenvalue weighted by Crippen LogP contribution is -2.15. The smallest absolute Gasteiger partial charge is 0.302 e. The minimum atomic E-state index is -3.16. The van der Waals surface area contributed by atoms with E-state index in [9.17, 15) is 18.0 Å². The van der Waals surface area contributed by atoms with Crippen molar-refractivity contribution in [1.82, 2.24) is 0 Å². The molecular weight excluding hydrogens is 248 g/mol. The zero-order chi connectivity index (χ0) is 13.3. The van der Waals surface area contributed by atoms with Crippen LogP contribution in [-0.4, -0.2) is 45.1 Å². The van der Waals surface area contributed by atoms with Gasteiger partial charge in [0.2, 0.25) is 0 Å². The number of carbonyl (C=O) groups excluding carboxylic acids is 2. The highest BCUT2D eigenvalue weighted by Gasteiger charge is 2.10. The molecule has 0 amide bonds. The van der Waals surface area contributed by atoms with Crippen molar-refractivity contribution in [3.8, 4) is 0 Å². The van der Waals surface area contributed by atoms with E-state index in [0.29, 0.717) is 0 Å². The van der Waals surface area contributed by atoms with Crippen LogP contribution in [0, 0.1) is 0 Å². The molecule has 100 valence electrons. The molecule has 0 rings (SSSR count). The largest absolute Gasteiger partial charge is 0.466 e. The molecule has 0 bridgehead atoms. The molecule has 0 radical (unpaired) electrons. The van der Waals surface area contributed by atoms with E-state index in [1.54, 1.807) is 0 Å². The molecule has 0 saturated carbocycles. The van der Waals surface area contributed by atoms with Crippen LogP contribution in [0.3, 0.4) is 0 Å². The minimum absolute atomic E-state index is 0.0274. The minimum Gasteiger partial charge on any atom is -0.466 e. The molecule has 0 aromatic heterocycles. The van der Waals surface area contributed by atoms with Gasteiger partial charge < -0.3 is 9.47 Å². The van der Waals surface area contributed by atoms with Crippen LogP contribution >= 0.6 is 0 Å². The highest BCUT2D eigenvalue weighted by Crippen LogP contribution is 1.98. The topological polar surface area (TPSA) is 86.7 Å². The summed E-state index contributed by atoms with van der Waals surface area (Å²) in [5.74, 6) is -0.893. The van der Waals surface area contributed by atoms with E-state index in [-0.39, 0.29) is 37.6 Å². The molecule has 0 aliphatic heterocycles. The van der Waals surface area contributed by atoms with Crippen LogP contribution in [0.1, 0.15) is 26.7 Å². The maximum atomic E-state index is 11.4. The molecule has 6 nitrogen and oxygen atoms in total. The molecular formula is C10H18O6S. The Kier molecular flexibility index (Phi) is 7.53. The predicted molar refractivity (Wildman–Crippen MR) is 61.2 cm³/mol. The molecule has 0 aromatic rings. The number of carbonyl (C=O) groups is 2. The zero-order valence-electron chi connectivity index (χ0n) is 10.1. The summed E-state index contributed by atoms with van der Waals surface area (Å²) in [5, 5.41) is 0. The van der Waals surface area contributed by atoms with Gasteiger partial charge in [-0.2, -0.15) is 0 Å². The molecule has 7 heteroatoms. The first-order valence-electron chi connectivity index (χ1n) is 5.30. The van der Waals surface area contributed by atoms with E-state index in [1.165, 1.54) is 13.8 Å². The third-order valence-electron chi connectivity index (χ3n) is 1.81. The van der Waals surface area contributed by atoms with Crippen LogP contribution in [0.4, 0.5) is 0 Å². The van der Waals surface area contributed by atoms with Crippen molar-refractivity contribution < 1.29 is 27.5 Å². The van der Waals surface area contributed by atoms with E-state index >= 15 is 0 Å². The normalized spacial score (nSPS) is 10.9. The van der Waals surface area contributed by atoms with Crippen LogP contribution in [0.25, 0.3) is 0 Å². The van der Waals surface area contributed by atoms with Crippen molar-refractivity contribution in [3.05, 3.63) is 0 Å². The Hall–Kier alpha value is -1.11. The first kappa shape index (κ1) is 15.9. The standard InChI is InChI=1S/C10H18O6S/c1-9(11)15-5-3-7-17(13,14)8-4-6-16-10(2)12/h3-8H2,1-2H3. The van der Waals surface area contributed by atoms with Gasteiger partial charge in [0.1, 0.15) is 0 Å². The summed E-state index contributed by atoms with van der Waals surface area (Å²) in [6.45, 7) is 2.76. The van der Waals surface area contributed by atoms with Gasteiger partial charge in [0.05, 0.1) is 24.7 Å². The second kappa shape index (κ2) is 8.05. The molecule has 0 N–H and O–H groups in total. The Labute approximate surface area is 101 Å². The van der Waals surface area contributed by atoms with Crippen LogP contribution in [0.15, 0.2) is 0 Å². The summed E-state index contributed by atoms with van der Waals surface area (Å²) >= 11 is 0. The molecule has 0 aliphatic rings. The Balaban J connectivity index is 3.66. The summed E-state index contributed by atoms with van der Waals surface area (Å²) in [6.07, 6.45) is 0.574. The van der Waals surface area contributed by atoms with Gasteiger partial charge >= 0.3 is 11.9 Å². The first-order valence-corrected chi connectivity index (χ1v) is 7.13. The summed E-state index contributed by atoms with van der Waals surface area (Å²) in [7, 11) is -3.16. The molecule has 0 fully saturated rings. The third-order valence-corrected chi connectivity index (χ3v) is 3.63. The van der Waals surface area contributed by atoms with E-state index < -0.39 is 21.8 Å². The van der Waals surface area contributed by atoms with Crippen LogP contribution in [0.2, 0.25) is 0 Å². The number of esters is 2. The van der Waals surface area contributed by atoms with Gasteiger partial charge in [-0.25, -0.2) is 8.42 Å². The number of sulfone groups is 1. The third kappa shape index (κ3) is 11.2. The van der Waals surface area contributed by atoms with Gasteiger partial charge in [0.25, 0.3) is 0 Å². The molecule has 0 atom stereocenters. The Morgan fingerprint density at radius 2 is 1.24 bits per heavy atom. The number of hydrogen-bond donors (Lipinski definition) is 0. The second-order valence-corrected chi connectivity index (χ2v) is 5.84. The van der Waals surface area contributed by atoms with Crippen molar-refractivity contribution >= 4 is 21.8 Å². The maximum absolute atomic E-state index is 11.4. The lowest BCUT2D eigenvalue weighted by molar-refractivity contribution is -0.141. The lowest BCUT2D eigenvalue weighted by atomic mass is 10.5. The van der Waals surface area contributed by atoms with Crippen molar-refractivity contribution in [2.75, 3.05) is 24.7 Å². The molecule has 17 heavy (non-hydrogen) atoms. The van der Waals surface area contributed by atoms with Gasteiger partial charge in [0, 0.05) is 13.8 Å². The van der Waals surface area contributed by atoms with Gasteiger partial charge in [-0.05, 0) is 12.8 Å². The van der Waals surface area contributed by atoms with Gasteiger partial charge in [-0.1, -0.05) is 0 Å². The van der Waals surface area contributed by atoms with Gasteiger partial charge in [0.15, 0.2) is 9.84 Å². The highest BCUT2D eigenvalue weighted by molar-refractivity contribution is 7.91. The highest BCUT2D eigenvalue weighted by atomic mass is 32.2. The van der Waals surface area contributed by atoms with Gasteiger partial charge in [-0.15, -0.1) is 0 Å². The summed E-state index contributed by atoms with van der Waals surface area (Å²) in [6, 6.07) is 0. The van der Waals surface area contributed by atoms with Crippen LogP contribution in [0.5, 0.6) is 0 Å².